The molecule has 0 aromatic heterocycles. The predicted octanol–water partition coefficient (Wildman–Crippen LogP) is 3.19. The standard InChI is InChI=1S/C10H17N/c1-4-7-10(5-2)8-9-11-6-3/h5-6,8-10H,2,4,7H2,1,3H3/b9-8+,11-6?. The van der Waals surface area contributed by atoms with Gasteiger partial charge in [0.2, 0.25) is 0 Å². The van der Waals surface area contributed by atoms with Gasteiger partial charge < -0.3 is 0 Å². The summed E-state index contributed by atoms with van der Waals surface area (Å²) in [5.74, 6) is 0.490. The first-order valence-electron chi connectivity index (χ1n) is 4.12. The van der Waals surface area contributed by atoms with Gasteiger partial charge in [-0.05, 0) is 19.3 Å². The highest BCUT2D eigenvalue weighted by molar-refractivity contribution is 5.54. The van der Waals surface area contributed by atoms with Gasteiger partial charge >= 0.3 is 0 Å². The van der Waals surface area contributed by atoms with Gasteiger partial charge in [0.1, 0.15) is 0 Å². The molecule has 0 fully saturated rings. The van der Waals surface area contributed by atoms with Crippen molar-refractivity contribution in [3.63, 3.8) is 0 Å². The zero-order chi connectivity index (χ0) is 8.53. The number of aliphatic imine (C=N–C) groups is 1. The van der Waals surface area contributed by atoms with Gasteiger partial charge in [-0.1, -0.05) is 25.5 Å². The van der Waals surface area contributed by atoms with E-state index in [-0.39, 0.29) is 0 Å². The van der Waals surface area contributed by atoms with Gasteiger partial charge in [-0.15, -0.1) is 6.58 Å². The van der Waals surface area contributed by atoms with E-state index in [0.29, 0.717) is 5.92 Å². The molecule has 1 unspecified atom stereocenters. The third-order valence-electron chi connectivity index (χ3n) is 1.49. The quantitative estimate of drug-likeness (QED) is 0.422. The van der Waals surface area contributed by atoms with Crippen molar-refractivity contribution in [3.05, 3.63) is 24.9 Å². The number of allylic oxidation sites excluding steroid dienone is 2. The Balaban J connectivity index is 3.75. The largest absolute Gasteiger partial charge is 0.270 e. The van der Waals surface area contributed by atoms with Crippen LogP contribution in [0.3, 0.4) is 0 Å². The van der Waals surface area contributed by atoms with E-state index < -0.39 is 0 Å². The van der Waals surface area contributed by atoms with Gasteiger partial charge in [0.05, 0.1) is 0 Å². The molecule has 0 amide bonds. The van der Waals surface area contributed by atoms with Crippen molar-refractivity contribution in [2.24, 2.45) is 10.9 Å². The second-order valence-corrected chi connectivity index (χ2v) is 2.44. The van der Waals surface area contributed by atoms with Gasteiger partial charge in [0, 0.05) is 12.4 Å². The fourth-order valence-corrected chi connectivity index (χ4v) is 0.872. The molecule has 0 saturated heterocycles. The summed E-state index contributed by atoms with van der Waals surface area (Å²) in [7, 11) is 0. The van der Waals surface area contributed by atoms with E-state index in [1.807, 2.05) is 19.2 Å². The zero-order valence-electron chi connectivity index (χ0n) is 7.46. The molecule has 11 heavy (non-hydrogen) atoms. The number of nitrogens with zero attached hydrogens (tertiary/aromatic N) is 1. The Labute approximate surface area is 69.5 Å². The molecule has 1 atom stereocenters. The Bertz CT molecular complexity index is 145. The van der Waals surface area contributed by atoms with Crippen LogP contribution in [-0.4, -0.2) is 6.21 Å². The fourth-order valence-electron chi connectivity index (χ4n) is 0.872. The molecule has 0 aliphatic rings. The third kappa shape index (κ3) is 5.59. The van der Waals surface area contributed by atoms with Crippen LogP contribution in [-0.2, 0) is 0 Å². The first kappa shape index (κ1) is 10.2. The molecule has 1 nitrogen and oxygen atoms in total. The molecule has 0 saturated carbocycles. The minimum atomic E-state index is 0.490. The maximum atomic E-state index is 3.99. The van der Waals surface area contributed by atoms with E-state index in [1.165, 1.54) is 12.8 Å². The van der Waals surface area contributed by atoms with Gasteiger partial charge in [0.25, 0.3) is 0 Å². The monoisotopic (exact) mass is 151 g/mol. The van der Waals surface area contributed by atoms with Crippen molar-refractivity contribution >= 4 is 6.21 Å². The lowest BCUT2D eigenvalue weighted by Crippen LogP contribution is -1.88. The molecule has 0 bridgehead atoms. The average molecular weight is 151 g/mol. The Morgan fingerprint density at radius 2 is 2.27 bits per heavy atom. The molecule has 62 valence electrons. The Morgan fingerprint density at radius 1 is 1.55 bits per heavy atom. The smallest absolute Gasteiger partial charge is 0.0229 e. The third-order valence-corrected chi connectivity index (χ3v) is 1.49. The summed E-state index contributed by atoms with van der Waals surface area (Å²) in [6, 6.07) is 0. The van der Waals surface area contributed by atoms with Crippen molar-refractivity contribution in [2.75, 3.05) is 0 Å². The van der Waals surface area contributed by atoms with Gasteiger partial charge in [0.15, 0.2) is 0 Å². The normalized spacial score (nSPS) is 14.4. The second kappa shape index (κ2) is 7.26. The molecule has 0 aromatic carbocycles. The molecule has 0 aliphatic heterocycles. The zero-order valence-corrected chi connectivity index (χ0v) is 7.46. The number of hydrogen-bond acceptors (Lipinski definition) is 1. The molecular formula is C10H17N. The lowest BCUT2D eigenvalue weighted by atomic mass is 10.0. The van der Waals surface area contributed by atoms with Crippen LogP contribution in [0.15, 0.2) is 29.9 Å². The van der Waals surface area contributed by atoms with Crippen LogP contribution >= 0.6 is 0 Å². The number of hydrogen-bond donors (Lipinski definition) is 0. The summed E-state index contributed by atoms with van der Waals surface area (Å²) in [5.41, 5.74) is 0. The minimum absolute atomic E-state index is 0.490. The maximum Gasteiger partial charge on any atom is 0.0229 e. The topological polar surface area (TPSA) is 12.4 Å². The highest BCUT2D eigenvalue weighted by Crippen LogP contribution is 2.08. The predicted molar refractivity (Wildman–Crippen MR) is 51.9 cm³/mol. The van der Waals surface area contributed by atoms with E-state index >= 15 is 0 Å². The Hall–Kier alpha value is -0.850. The molecule has 1 heteroatoms. The summed E-state index contributed by atoms with van der Waals surface area (Å²) in [6.45, 7) is 7.84. The van der Waals surface area contributed by atoms with E-state index in [4.69, 9.17) is 0 Å². The Kier molecular flexibility index (Phi) is 6.70. The summed E-state index contributed by atoms with van der Waals surface area (Å²) >= 11 is 0. The molecule has 0 spiro atoms. The van der Waals surface area contributed by atoms with Crippen molar-refractivity contribution < 1.29 is 0 Å². The first-order chi connectivity index (χ1) is 5.35. The Morgan fingerprint density at radius 3 is 2.73 bits per heavy atom. The molecular weight excluding hydrogens is 134 g/mol. The summed E-state index contributed by atoms with van der Waals surface area (Å²) < 4.78 is 0. The van der Waals surface area contributed by atoms with Crippen molar-refractivity contribution in [2.45, 2.75) is 26.7 Å². The summed E-state index contributed by atoms with van der Waals surface area (Å²) in [5, 5.41) is 0. The molecule has 0 aromatic rings. The van der Waals surface area contributed by atoms with E-state index in [1.54, 1.807) is 6.21 Å². The van der Waals surface area contributed by atoms with E-state index in [9.17, 15) is 0 Å². The SMILES string of the molecule is C=CC(/C=C/N=CC)CCC. The van der Waals surface area contributed by atoms with Crippen molar-refractivity contribution in [3.8, 4) is 0 Å². The molecule has 0 aliphatic carbocycles. The lowest BCUT2D eigenvalue weighted by molar-refractivity contribution is 0.691. The molecule has 0 N–H and O–H groups in total. The van der Waals surface area contributed by atoms with Crippen LogP contribution in [0.5, 0.6) is 0 Å². The fraction of sp³-hybridized carbons (Fsp3) is 0.500. The van der Waals surface area contributed by atoms with Crippen molar-refractivity contribution in [1.82, 2.24) is 0 Å². The maximum absolute atomic E-state index is 3.99. The van der Waals surface area contributed by atoms with Gasteiger partial charge in [-0.2, -0.15) is 0 Å². The van der Waals surface area contributed by atoms with Gasteiger partial charge in [-0.3, -0.25) is 4.99 Å². The molecule has 0 radical (unpaired) electrons. The van der Waals surface area contributed by atoms with Crippen LogP contribution < -0.4 is 0 Å². The highest BCUT2D eigenvalue weighted by atomic mass is 14.6. The molecule has 0 rings (SSSR count). The average Bonchev–Trinajstić information content (AvgIpc) is 2.03. The summed E-state index contributed by atoms with van der Waals surface area (Å²) in [6.07, 6.45) is 10.0. The second-order valence-electron chi connectivity index (χ2n) is 2.44. The van der Waals surface area contributed by atoms with Crippen LogP contribution in [0.1, 0.15) is 26.7 Å². The van der Waals surface area contributed by atoms with Gasteiger partial charge in [-0.25, -0.2) is 0 Å². The van der Waals surface area contributed by atoms with Crippen LogP contribution in [0, 0.1) is 5.92 Å². The summed E-state index contributed by atoms with van der Waals surface area (Å²) in [4.78, 5) is 3.99. The lowest BCUT2D eigenvalue weighted by Gasteiger charge is -2.01. The highest BCUT2D eigenvalue weighted by Gasteiger charge is 1.94. The number of rotatable bonds is 5. The van der Waals surface area contributed by atoms with Crippen molar-refractivity contribution in [1.29, 1.82) is 0 Å². The van der Waals surface area contributed by atoms with E-state index in [0.717, 1.165) is 0 Å². The minimum Gasteiger partial charge on any atom is -0.270 e. The van der Waals surface area contributed by atoms with Crippen LogP contribution in [0.2, 0.25) is 0 Å². The van der Waals surface area contributed by atoms with E-state index in [2.05, 4.69) is 24.6 Å². The van der Waals surface area contributed by atoms with Crippen LogP contribution in [0.25, 0.3) is 0 Å². The molecule has 0 heterocycles. The first-order valence-corrected chi connectivity index (χ1v) is 4.12. The van der Waals surface area contributed by atoms with Crippen LogP contribution in [0.4, 0.5) is 0 Å².